The van der Waals surface area contributed by atoms with Crippen LogP contribution in [0.3, 0.4) is 0 Å². The summed E-state index contributed by atoms with van der Waals surface area (Å²) < 4.78 is 23.4. The monoisotopic (exact) mass is 488 g/mol. The van der Waals surface area contributed by atoms with Crippen molar-refractivity contribution in [2.75, 3.05) is 6.61 Å². The molecule has 0 radical (unpaired) electrons. The Hall–Kier alpha value is -2.23. The first-order valence-corrected chi connectivity index (χ1v) is 12.3. The van der Waals surface area contributed by atoms with E-state index < -0.39 is 51.7 Å². The second-order valence-corrected chi connectivity index (χ2v) is 12.1. The number of Topliss-reactive ketones (excluding diaryl/α,β-unsaturated/α-hetero) is 1. The van der Waals surface area contributed by atoms with E-state index in [-0.39, 0.29) is 43.0 Å². The Labute approximate surface area is 203 Å². The summed E-state index contributed by atoms with van der Waals surface area (Å²) in [7, 11) is 0. The highest BCUT2D eigenvalue weighted by Crippen LogP contribution is 2.78. The maximum absolute atomic E-state index is 14.2. The summed E-state index contributed by atoms with van der Waals surface area (Å²) >= 11 is 0. The van der Waals surface area contributed by atoms with Crippen LogP contribution in [-0.4, -0.2) is 58.0 Å². The fourth-order valence-corrected chi connectivity index (χ4v) is 8.99. The van der Waals surface area contributed by atoms with Gasteiger partial charge in [0.25, 0.3) is 0 Å². The Kier molecular flexibility index (Phi) is 4.47. The minimum Gasteiger partial charge on any atom is -0.479 e. The normalized spacial score (nSPS) is 48.5. The number of rotatable bonds is 3. The Morgan fingerprint density at radius 1 is 1.11 bits per heavy atom. The van der Waals surface area contributed by atoms with E-state index in [1.165, 1.54) is 12.5 Å². The first kappa shape index (κ1) is 23.2. The van der Waals surface area contributed by atoms with Crippen molar-refractivity contribution in [1.29, 1.82) is 0 Å². The summed E-state index contributed by atoms with van der Waals surface area (Å²) in [5.41, 5.74) is -4.49. The molecule has 2 spiro atoms. The van der Waals surface area contributed by atoms with Crippen LogP contribution in [0.1, 0.15) is 65.0 Å². The molecule has 1 aromatic rings. The minimum atomic E-state index is -1.43. The maximum Gasteiger partial charge on any atom is 0.335 e. The Bertz CT molecular complexity index is 1110. The number of aliphatic carboxylic acids is 1. The highest BCUT2D eigenvalue weighted by Gasteiger charge is 2.87. The van der Waals surface area contributed by atoms with E-state index >= 15 is 0 Å². The quantitative estimate of drug-likeness (QED) is 0.486. The Morgan fingerprint density at radius 3 is 2.49 bits per heavy atom. The van der Waals surface area contributed by atoms with Crippen molar-refractivity contribution < 1.29 is 43.2 Å². The summed E-state index contributed by atoms with van der Waals surface area (Å²) in [5.74, 6) is -2.08. The van der Waals surface area contributed by atoms with E-state index in [4.69, 9.17) is 18.6 Å². The van der Waals surface area contributed by atoms with Crippen molar-refractivity contribution in [1.82, 2.24) is 0 Å². The van der Waals surface area contributed by atoms with Gasteiger partial charge in [-0.1, -0.05) is 6.92 Å². The average Bonchev–Trinajstić information content (AvgIpc) is 3.25. The number of carbonyl (C=O) groups is 3. The van der Waals surface area contributed by atoms with Gasteiger partial charge in [-0.15, -0.1) is 0 Å². The van der Waals surface area contributed by atoms with E-state index in [1.54, 1.807) is 6.07 Å². The number of carboxylic acids is 1. The van der Waals surface area contributed by atoms with Gasteiger partial charge in [0.2, 0.25) is 0 Å². The van der Waals surface area contributed by atoms with Gasteiger partial charge in [-0.25, -0.2) is 4.79 Å². The number of cyclic esters (lactones) is 1. The van der Waals surface area contributed by atoms with Gasteiger partial charge >= 0.3 is 11.9 Å². The van der Waals surface area contributed by atoms with Crippen LogP contribution >= 0.6 is 0 Å². The molecule has 4 heterocycles. The minimum absolute atomic E-state index is 0.0820. The molecule has 0 bridgehead atoms. The number of ether oxygens (including phenoxy) is 3. The lowest BCUT2D eigenvalue weighted by molar-refractivity contribution is -0.218. The molecular formula is C26H32O9. The third-order valence-electron chi connectivity index (χ3n) is 10.6. The van der Waals surface area contributed by atoms with E-state index in [0.717, 1.165) is 0 Å². The van der Waals surface area contributed by atoms with Gasteiger partial charge in [-0.2, -0.15) is 0 Å². The SMILES string of the molecule is CC1(C)OC2CC(=O)OCC23C2CC[C@@](C)([C@@H](O)c4ccoc4)C4(OC4C(=O)O)C2(C)C(=O)C[C@@H]13. The number of hydrogen-bond donors (Lipinski definition) is 2. The standard InChI is InChI=1S/C26H32O9/c1-22(2)15-9-16(27)24(4)14(25(15)12-33-18(28)10-17(25)34-22)5-7-23(3,19(29)13-6-8-32-11-13)26(24)20(35-26)21(30)31/h6,8,11,14-15,17,19-20,29H,5,7,9-10,12H2,1-4H3,(H,30,31)/t14?,15-,17?,19-,20?,23-,24?,25?,26?/m0/s1. The number of hydrogen-bond acceptors (Lipinski definition) is 8. The largest absolute Gasteiger partial charge is 0.479 e. The van der Waals surface area contributed by atoms with E-state index in [9.17, 15) is 24.6 Å². The van der Waals surface area contributed by atoms with Crippen LogP contribution in [0.2, 0.25) is 0 Å². The number of carboxylic acid groups (broad SMARTS) is 1. The van der Waals surface area contributed by atoms with Crippen LogP contribution in [0, 0.1) is 28.1 Å². The summed E-state index contributed by atoms with van der Waals surface area (Å²) in [6.45, 7) is 7.67. The van der Waals surface area contributed by atoms with Gasteiger partial charge < -0.3 is 28.8 Å². The van der Waals surface area contributed by atoms with Gasteiger partial charge in [0.15, 0.2) is 6.10 Å². The molecule has 2 N–H and O–H groups in total. The molecule has 1 aromatic heterocycles. The number of aliphatic hydroxyl groups excluding tert-OH is 1. The second-order valence-electron chi connectivity index (χ2n) is 12.1. The molecule has 9 atom stereocenters. The van der Waals surface area contributed by atoms with Crippen LogP contribution in [0.5, 0.6) is 0 Å². The van der Waals surface area contributed by atoms with Crippen molar-refractivity contribution >= 4 is 17.7 Å². The molecule has 0 aromatic carbocycles. The third kappa shape index (κ3) is 2.47. The van der Waals surface area contributed by atoms with Crippen molar-refractivity contribution in [3.63, 3.8) is 0 Å². The van der Waals surface area contributed by atoms with Gasteiger partial charge in [-0.05, 0) is 45.6 Å². The maximum atomic E-state index is 14.2. The fourth-order valence-electron chi connectivity index (χ4n) is 8.99. The highest BCUT2D eigenvalue weighted by molar-refractivity contribution is 5.92. The topological polar surface area (TPSA) is 136 Å². The van der Waals surface area contributed by atoms with Crippen molar-refractivity contribution in [3.8, 4) is 0 Å². The Morgan fingerprint density at radius 2 is 1.86 bits per heavy atom. The lowest BCUT2D eigenvalue weighted by Gasteiger charge is -2.64. The number of epoxide rings is 1. The van der Waals surface area contributed by atoms with Crippen LogP contribution in [0.25, 0.3) is 0 Å². The molecule has 3 aliphatic heterocycles. The van der Waals surface area contributed by atoms with Crippen LogP contribution < -0.4 is 0 Å². The molecule has 2 saturated carbocycles. The molecular weight excluding hydrogens is 456 g/mol. The van der Waals surface area contributed by atoms with Gasteiger partial charge in [-0.3, -0.25) is 9.59 Å². The number of carbonyl (C=O) groups excluding carboxylic acids is 2. The first-order valence-electron chi connectivity index (χ1n) is 12.3. The number of esters is 1. The van der Waals surface area contributed by atoms with E-state index in [1.807, 2.05) is 27.7 Å². The molecule has 5 aliphatic rings. The molecule has 35 heavy (non-hydrogen) atoms. The molecule has 6 rings (SSSR count). The molecule has 6 unspecified atom stereocenters. The van der Waals surface area contributed by atoms with Crippen LogP contribution in [-0.2, 0) is 28.6 Å². The van der Waals surface area contributed by atoms with Gasteiger partial charge in [0.1, 0.15) is 18.0 Å². The molecule has 9 nitrogen and oxygen atoms in total. The summed E-state index contributed by atoms with van der Waals surface area (Å²) in [4.78, 5) is 38.9. The van der Waals surface area contributed by atoms with Crippen LogP contribution in [0.4, 0.5) is 0 Å². The number of furan rings is 1. The zero-order valence-electron chi connectivity index (χ0n) is 20.4. The molecule has 9 heteroatoms. The predicted molar refractivity (Wildman–Crippen MR) is 118 cm³/mol. The lowest BCUT2D eigenvalue weighted by Crippen LogP contribution is -2.71. The summed E-state index contributed by atoms with van der Waals surface area (Å²) in [6.07, 6.45) is 1.37. The molecule has 5 fully saturated rings. The first-order chi connectivity index (χ1) is 16.4. The Balaban J connectivity index is 1.53. The fraction of sp³-hybridized carbons (Fsp3) is 0.731. The molecule has 190 valence electrons. The lowest BCUT2D eigenvalue weighted by atomic mass is 9.37. The number of fused-ring (bicyclic) bond motifs is 2. The van der Waals surface area contributed by atoms with Crippen molar-refractivity contribution in [2.24, 2.45) is 28.1 Å². The summed E-state index contributed by atoms with van der Waals surface area (Å²) in [5, 5.41) is 21.7. The van der Waals surface area contributed by atoms with Crippen LogP contribution in [0.15, 0.2) is 23.0 Å². The zero-order valence-corrected chi connectivity index (χ0v) is 20.4. The zero-order chi connectivity index (χ0) is 25.2. The number of ketones is 1. The van der Waals surface area contributed by atoms with E-state index in [2.05, 4.69) is 0 Å². The summed E-state index contributed by atoms with van der Waals surface area (Å²) in [6, 6.07) is 1.65. The van der Waals surface area contributed by atoms with Crippen molar-refractivity contribution in [2.45, 2.75) is 82.9 Å². The van der Waals surface area contributed by atoms with Gasteiger partial charge in [0.05, 0.1) is 42.2 Å². The highest BCUT2D eigenvalue weighted by atomic mass is 16.6. The average molecular weight is 489 g/mol. The smallest absolute Gasteiger partial charge is 0.335 e. The van der Waals surface area contributed by atoms with Gasteiger partial charge in [0, 0.05) is 28.7 Å². The second kappa shape index (κ2) is 6.75. The predicted octanol–water partition coefficient (Wildman–Crippen LogP) is 2.66. The third-order valence-corrected chi connectivity index (χ3v) is 10.6. The van der Waals surface area contributed by atoms with Crippen molar-refractivity contribution in [3.05, 3.63) is 24.2 Å². The number of aliphatic hydroxyl groups is 1. The molecule has 3 saturated heterocycles. The van der Waals surface area contributed by atoms with E-state index in [0.29, 0.717) is 18.4 Å². The molecule has 0 amide bonds. The molecule has 2 aliphatic carbocycles.